The molecule has 0 bridgehead atoms. The zero-order valence-electron chi connectivity index (χ0n) is 19.3. The number of nitrogens with zero attached hydrogens (tertiary/aromatic N) is 2. The Bertz CT molecular complexity index is 830. The van der Waals surface area contributed by atoms with Crippen LogP contribution in [0.15, 0.2) is 47.5 Å². The number of rotatable bonds is 10. The molecular weight excluding hydrogens is 507 g/mol. The van der Waals surface area contributed by atoms with Gasteiger partial charge in [-0.05, 0) is 57.8 Å². The highest BCUT2D eigenvalue weighted by Crippen LogP contribution is 2.30. The van der Waals surface area contributed by atoms with Crippen LogP contribution in [0, 0.1) is 0 Å². The lowest BCUT2D eigenvalue weighted by Crippen LogP contribution is -2.32. The van der Waals surface area contributed by atoms with Crippen LogP contribution < -0.4 is 24.8 Å². The molecule has 0 radical (unpaired) electrons. The smallest absolute Gasteiger partial charge is 0.195 e. The average molecular weight is 542 g/mol. The van der Waals surface area contributed by atoms with Crippen molar-refractivity contribution in [1.29, 1.82) is 0 Å². The molecule has 0 fully saturated rings. The number of guanidine groups is 1. The van der Waals surface area contributed by atoms with Crippen LogP contribution in [0.5, 0.6) is 17.2 Å². The summed E-state index contributed by atoms with van der Waals surface area (Å²) >= 11 is 0. The standard InChI is InChI=1S/C23H34N4O3.HI/c1-7-24-23(26-18-12-13-21(29-6)22(15-18)30-8-2)25-16-20(27(3)4)17-10-9-11-19(14-17)28-5;/h9-15,20H,7-8,16H2,1-6H3,(H2,24,25,26);1H. The lowest BCUT2D eigenvalue weighted by atomic mass is 10.1. The Kier molecular flexibility index (Phi) is 12.1. The van der Waals surface area contributed by atoms with Gasteiger partial charge in [-0.25, -0.2) is 0 Å². The number of halogens is 1. The number of hydrogen-bond donors (Lipinski definition) is 2. The monoisotopic (exact) mass is 542 g/mol. The van der Waals surface area contributed by atoms with Crippen molar-refractivity contribution in [1.82, 2.24) is 10.2 Å². The molecule has 0 aliphatic carbocycles. The largest absolute Gasteiger partial charge is 0.497 e. The van der Waals surface area contributed by atoms with Crippen LogP contribution in [-0.4, -0.2) is 58.9 Å². The topological polar surface area (TPSA) is 67.4 Å². The minimum atomic E-state index is 0. The molecule has 0 spiro atoms. The fraction of sp³-hybridized carbons (Fsp3) is 0.435. The second-order valence-corrected chi connectivity index (χ2v) is 6.90. The molecule has 2 aromatic carbocycles. The van der Waals surface area contributed by atoms with Gasteiger partial charge in [0.15, 0.2) is 17.5 Å². The summed E-state index contributed by atoms with van der Waals surface area (Å²) in [5.41, 5.74) is 2.03. The van der Waals surface area contributed by atoms with Gasteiger partial charge in [0.05, 0.1) is 33.4 Å². The van der Waals surface area contributed by atoms with Crippen molar-refractivity contribution < 1.29 is 14.2 Å². The molecule has 172 valence electrons. The van der Waals surface area contributed by atoms with Gasteiger partial charge in [0, 0.05) is 18.3 Å². The first-order chi connectivity index (χ1) is 14.5. The highest BCUT2D eigenvalue weighted by Gasteiger charge is 2.15. The molecule has 0 aromatic heterocycles. The molecule has 7 nitrogen and oxygen atoms in total. The SMILES string of the molecule is CCNC(=NCC(c1cccc(OC)c1)N(C)C)Nc1ccc(OC)c(OCC)c1.I. The molecule has 0 aliphatic heterocycles. The second kappa shape index (κ2) is 14.0. The number of nitrogens with one attached hydrogen (secondary N) is 2. The van der Waals surface area contributed by atoms with Crippen LogP contribution in [0.1, 0.15) is 25.5 Å². The Balaban J connectivity index is 0.00000480. The van der Waals surface area contributed by atoms with Crippen molar-refractivity contribution in [3.05, 3.63) is 48.0 Å². The van der Waals surface area contributed by atoms with Gasteiger partial charge in [0.2, 0.25) is 0 Å². The first kappa shape index (κ1) is 26.8. The lowest BCUT2D eigenvalue weighted by molar-refractivity contribution is 0.305. The van der Waals surface area contributed by atoms with Gasteiger partial charge in [-0.15, -0.1) is 24.0 Å². The number of benzene rings is 2. The Morgan fingerprint density at radius 2 is 1.81 bits per heavy atom. The number of ether oxygens (including phenoxy) is 3. The Labute approximate surface area is 203 Å². The van der Waals surface area contributed by atoms with Crippen LogP contribution in [-0.2, 0) is 0 Å². The van der Waals surface area contributed by atoms with Crippen molar-refractivity contribution in [3.63, 3.8) is 0 Å². The molecule has 1 atom stereocenters. The maximum absolute atomic E-state index is 5.68. The summed E-state index contributed by atoms with van der Waals surface area (Å²) in [7, 11) is 7.42. The molecule has 1 unspecified atom stereocenters. The third-order valence-corrected chi connectivity index (χ3v) is 4.59. The summed E-state index contributed by atoms with van der Waals surface area (Å²) in [6.07, 6.45) is 0. The van der Waals surface area contributed by atoms with E-state index < -0.39 is 0 Å². The highest BCUT2D eigenvalue weighted by atomic mass is 127. The molecular formula is C23H35IN4O3. The van der Waals surface area contributed by atoms with Gasteiger partial charge in [-0.1, -0.05) is 12.1 Å². The molecule has 0 amide bonds. The fourth-order valence-electron chi connectivity index (χ4n) is 3.06. The second-order valence-electron chi connectivity index (χ2n) is 6.90. The summed E-state index contributed by atoms with van der Waals surface area (Å²) < 4.78 is 16.4. The van der Waals surface area contributed by atoms with E-state index in [9.17, 15) is 0 Å². The average Bonchev–Trinajstić information content (AvgIpc) is 2.74. The molecule has 2 aromatic rings. The van der Waals surface area contributed by atoms with Gasteiger partial charge in [-0.3, -0.25) is 4.99 Å². The molecule has 0 aliphatic rings. The Morgan fingerprint density at radius 1 is 1.03 bits per heavy atom. The van der Waals surface area contributed by atoms with E-state index in [-0.39, 0.29) is 30.0 Å². The first-order valence-corrected chi connectivity index (χ1v) is 10.2. The van der Waals surface area contributed by atoms with Gasteiger partial charge < -0.3 is 29.7 Å². The number of hydrogen-bond acceptors (Lipinski definition) is 5. The van der Waals surface area contributed by atoms with E-state index in [1.807, 2.05) is 44.2 Å². The Hall–Kier alpha value is -2.20. The molecule has 0 saturated heterocycles. The molecule has 2 rings (SSSR count). The van der Waals surface area contributed by atoms with Crippen molar-refractivity contribution >= 4 is 35.6 Å². The van der Waals surface area contributed by atoms with Gasteiger partial charge in [-0.2, -0.15) is 0 Å². The van der Waals surface area contributed by atoms with E-state index >= 15 is 0 Å². The normalized spacial score (nSPS) is 12.0. The minimum absolute atomic E-state index is 0. The Morgan fingerprint density at radius 3 is 2.42 bits per heavy atom. The van der Waals surface area contributed by atoms with E-state index in [0.717, 1.165) is 23.5 Å². The van der Waals surface area contributed by atoms with Gasteiger partial charge in [0.25, 0.3) is 0 Å². The summed E-state index contributed by atoms with van der Waals surface area (Å²) in [6, 6.07) is 14.0. The zero-order valence-corrected chi connectivity index (χ0v) is 21.6. The van der Waals surface area contributed by atoms with Crippen LogP contribution in [0.2, 0.25) is 0 Å². The molecule has 8 heteroatoms. The molecule has 0 heterocycles. The maximum Gasteiger partial charge on any atom is 0.195 e. The number of likely N-dealkylation sites (N-methyl/N-ethyl adjacent to an activating group) is 1. The summed E-state index contributed by atoms with van der Waals surface area (Å²) in [5, 5.41) is 6.66. The maximum atomic E-state index is 5.68. The summed E-state index contributed by atoms with van der Waals surface area (Å²) in [6.45, 7) is 5.91. The van der Waals surface area contributed by atoms with Crippen molar-refractivity contribution in [2.75, 3.05) is 53.3 Å². The predicted molar refractivity (Wildman–Crippen MR) is 139 cm³/mol. The van der Waals surface area contributed by atoms with E-state index in [1.54, 1.807) is 14.2 Å². The van der Waals surface area contributed by atoms with Crippen molar-refractivity contribution in [2.24, 2.45) is 4.99 Å². The third kappa shape index (κ3) is 8.10. The lowest BCUT2D eigenvalue weighted by Gasteiger charge is -2.24. The highest BCUT2D eigenvalue weighted by molar-refractivity contribution is 14.0. The van der Waals surface area contributed by atoms with E-state index in [4.69, 9.17) is 19.2 Å². The minimum Gasteiger partial charge on any atom is -0.497 e. The molecule has 2 N–H and O–H groups in total. The van der Waals surface area contributed by atoms with E-state index in [1.165, 1.54) is 0 Å². The summed E-state index contributed by atoms with van der Waals surface area (Å²) in [5.74, 6) is 2.95. The van der Waals surface area contributed by atoms with Gasteiger partial charge in [0.1, 0.15) is 5.75 Å². The fourth-order valence-corrected chi connectivity index (χ4v) is 3.06. The van der Waals surface area contributed by atoms with Crippen LogP contribution in [0.25, 0.3) is 0 Å². The molecule has 31 heavy (non-hydrogen) atoms. The first-order valence-electron chi connectivity index (χ1n) is 10.2. The zero-order chi connectivity index (χ0) is 21.9. The van der Waals surface area contributed by atoms with Crippen molar-refractivity contribution in [2.45, 2.75) is 19.9 Å². The van der Waals surface area contributed by atoms with Crippen molar-refractivity contribution in [3.8, 4) is 17.2 Å². The number of anilines is 1. The summed E-state index contributed by atoms with van der Waals surface area (Å²) in [4.78, 5) is 6.98. The quantitative estimate of drug-likeness (QED) is 0.264. The van der Waals surface area contributed by atoms with E-state index in [0.29, 0.717) is 30.6 Å². The van der Waals surface area contributed by atoms with Crippen LogP contribution in [0.4, 0.5) is 5.69 Å². The third-order valence-electron chi connectivity index (χ3n) is 4.59. The van der Waals surface area contributed by atoms with E-state index in [2.05, 4.69) is 41.8 Å². The van der Waals surface area contributed by atoms with Crippen LogP contribution >= 0.6 is 24.0 Å². The van der Waals surface area contributed by atoms with Crippen LogP contribution in [0.3, 0.4) is 0 Å². The predicted octanol–water partition coefficient (Wildman–Crippen LogP) is 4.40. The molecule has 0 saturated carbocycles. The number of aliphatic imine (C=N–C) groups is 1. The van der Waals surface area contributed by atoms with Gasteiger partial charge >= 0.3 is 0 Å². The number of methoxy groups -OCH3 is 2.